The summed E-state index contributed by atoms with van der Waals surface area (Å²) in [6.45, 7) is 3.78. The van der Waals surface area contributed by atoms with E-state index in [1.54, 1.807) is 0 Å². The van der Waals surface area contributed by atoms with Gasteiger partial charge in [0, 0.05) is 11.3 Å². The van der Waals surface area contributed by atoms with Crippen molar-refractivity contribution >= 4 is 23.4 Å². The molecule has 1 atom stereocenters. The maximum Gasteiger partial charge on any atom is 0.408 e. The number of benzene rings is 1. The number of nitrogens with zero attached hydrogens (tertiary/aromatic N) is 1. The minimum Gasteiger partial charge on any atom is -0.480 e. The zero-order chi connectivity index (χ0) is 16.8. The van der Waals surface area contributed by atoms with Crippen molar-refractivity contribution in [2.24, 2.45) is 0 Å². The van der Waals surface area contributed by atoms with Gasteiger partial charge in [-0.1, -0.05) is 30.3 Å². The first-order chi connectivity index (χ1) is 11.0. The van der Waals surface area contributed by atoms with Crippen LogP contribution in [0.1, 0.15) is 21.1 Å². The van der Waals surface area contributed by atoms with E-state index in [1.807, 2.05) is 44.2 Å². The number of thiazole rings is 1. The van der Waals surface area contributed by atoms with Gasteiger partial charge in [0.05, 0.1) is 10.7 Å². The molecule has 1 aromatic carbocycles. The van der Waals surface area contributed by atoms with E-state index >= 15 is 0 Å². The molecule has 0 aliphatic carbocycles. The number of aliphatic carboxylic acids is 1. The van der Waals surface area contributed by atoms with Gasteiger partial charge in [-0.15, -0.1) is 11.3 Å². The molecule has 1 unspecified atom stereocenters. The van der Waals surface area contributed by atoms with E-state index in [4.69, 9.17) is 4.74 Å². The fourth-order valence-electron chi connectivity index (χ4n) is 2.06. The van der Waals surface area contributed by atoms with Crippen LogP contribution < -0.4 is 5.32 Å². The second-order valence-electron chi connectivity index (χ2n) is 5.04. The van der Waals surface area contributed by atoms with Gasteiger partial charge in [0.1, 0.15) is 12.6 Å². The summed E-state index contributed by atoms with van der Waals surface area (Å²) in [4.78, 5) is 28.3. The Bertz CT molecular complexity index is 685. The van der Waals surface area contributed by atoms with Crippen molar-refractivity contribution in [2.75, 3.05) is 0 Å². The first-order valence-electron chi connectivity index (χ1n) is 7.08. The number of rotatable bonds is 6. The van der Waals surface area contributed by atoms with Crippen molar-refractivity contribution < 1.29 is 19.4 Å². The third-order valence-corrected chi connectivity index (χ3v) is 4.29. The summed E-state index contributed by atoms with van der Waals surface area (Å²) in [7, 11) is 0. The summed E-state index contributed by atoms with van der Waals surface area (Å²) >= 11 is 1.43. The third-order valence-electron chi connectivity index (χ3n) is 3.19. The molecule has 0 saturated carbocycles. The molecule has 122 valence electrons. The van der Waals surface area contributed by atoms with Gasteiger partial charge in [-0.05, 0) is 19.4 Å². The maximum atomic E-state index is 11.8. The largest absolute Gasteiger partial charge is 0.480 e. The Morgan fingerprint density at radius 2 is 2.00 bits per heavy atom. The van der Waals surface area contributed by atoms with E-state index in [1.165, 1.54) is 11.3 Å². The highest BCUT2D eigenvalue weighted by molar-refractivity contribution is 7.11. The van der Waals surface area contributed by atoms with Crippen LogP contribution in [-0.2, 0) is 22.6 Å². The molecule has 1 aromatic heterocycles. The predicted molar refractivity (Wildman–Crippen MR) is 86.5 cm³/mol. The quantitative estimate of drug-likeness (QED) is 0.848. The lowest BCUT2D eigenvalue weighted by molar-refractivity contribution is -0.139. The van der Waals surface area contributed by atoms with Gasteiger partial charge >= 0.3 is 12.1 Å². The summed E-state index contributed by atoms with van der Waals surface area (Å²) in [5.74, 6) is -1.10. The molecule has 0 aliphatic heterocycles. The molecule has 0 aliphatic rings. The number of hydrogen-bond acceptors (Lipinski definition) is 5. The van der Waals surface area contributed by atoms with Gasteiger partial charge in [-0.3, -0.25) is 0 Å². The molecule has 0 fully saturated rings. The number of carboxylic acids is 1. The molecule has 2 N–H and O–H groups in total. The van der Waals surface area contributed by atoms with Crippen molar-refractivity contribution in [3.8, 4) is 0 Å². The number of nitrogens with one attached hydrogen (secondary N) is 1. The fraction of sp³-hybridized carbons (Fsp3) is 0.312. The highest BCUT2D eigenvalue weighted by Gasteiger charge is 2.23. The van der Waals surface area contributed by atoms with Crippen LogP contribution in [0.2, 0.25) is 0 Å². The summed E-state index contributed by atoms with van der Waals surface area (Å²) in [5.41, 5.74) is 1.63. The maximum absolute atomic E-state index is 11.8. The predicted octanol–water partition coefficient (Wildman–Crippen LogP) is 2.68. The molecule has 2 rings (SSSR count). The molecule has 7 heteroatoms. The Labute approximate surface area is 138 Å². The van der Waals surface area contributed by atoms with Crippen molar-refractivity contribution in [3.05, 3.63) is 51.5 Å². The Balaban J connectivity index is 1.92. The molecule has 0 bridgehead atoms. The molecule has 23 heavy (non-hydrogen) atoms. The lowest BCUT2D eigenvalue weighted by Gasteiger charge is -2.14. The van der Waals surface area contributed by atoms with Crippen LogP contribution in [0.4, 0.5) is 4.79 Å². The average Bonchev–Trinajstić information content (AvgIpc) is 2.83. The Hall–Kier alpha value is -2.41. The standard InChI is InChI=1S/C16H18N2O4S/c1-10-14(23-11(2)17-10)8-13(15(19)20)18-16(21)22-9-12-6-4-3-5-7-12/h3-7,13H,8-9H2,1-2H3,(H,18,21)(H,19,20). The highest BCUT2D eigenvalue weighted by Crippen LogP contribution is 2.19. The van der Waals surface area contributed by atoms with Crippen LogP contribution in [0.15, 0.2) is 30.3 Å². The Morgan fingerprint density at radius 1 is 1.30 bits per heavy atom. The van der Waals surface area contributed by atoms with Crippen LogP contribution in [0.3, 0.4) is 0 Å². The molecular weight excluding hydrogens is 316 g/mol. The SMILES string of the molecule is Cc1nc(C)c(CC(NC(=O)OCc2ccccc2)C(=O)O)s1. The number of carbonyl (C=O) groups excluding carboxylic acids is 1. The number of aryl methyl sites for hydroxylation is 2. The van der Waals surface area contributed by atoms with Crippen LogP contribution in [0.5, 0.6) is 0 Å². The van der Waals surface area contributed by atoms with Crippen molar-refractivity contribution in [1.29, 1.82) is 0 Å². The summed E-state index contributed by atoms with van der Waals surface area (Å²) in [6, 6.07) is 8.15. The first-order valence-corrected chi connectivity index (χ1v) is 7.90. The molecular formula is C16H18N2O4S. The Kier molecular flexibility index (Phi) is 5.70. The van der Waals surface area contributed by atoms with Crippen LogP contribution in [0.25, 0.3) is 0 Å². The van der Waals surface area contributed by atoms with E-state index in [-0.39, 0.29) is 13.0 Å². The molecule has 0 saturated heterocycles. The number of alkyl carbamates (subject to hydrolysis) is 1. The smallest absolute Gasteiger partial charge is 0.408 e. The topological polar surface area (TPSA) is 88.5 Å². The average molecular weight is 334 g/mol. The van der Waals surface area contributed by atoms with E-state index in [2.05, 4.69) is 10.3 Å². The normalized spacial score (nSPS) is 11.7. The van der Waals surface area contributed by atoms with Gasteiger partial charge in [-0.25, -0.2) is 14.6 Å². The molecule has 0 spiro atoms. The summed E-state index contributed by atoms with van der Waals surface area (Å²) in [5, 5.41) is 12.5. The number of ether oxygens (including phenoxy) is 1. The second kappa shape index (κ2) is 7.73. The lowest BCUT2D eigenvalue weighted by Crippen LogP contribution is -2.42. The third kappa shape index (κ3) is 5.07. The van der Waals surface area contributed by atoms with Crippen LogP contribution >= 0.6 is 11.3 Å². The number of carbonyl (C=O) groups is 2. The summed E-state index contributed by atoms with van der Waals surface area (Å²) < 4.78 is 5.06. The van der Waals surface area contributed by atoms with Gasteiger partial charge < -0.3 is 15.2 Å². The van der Waals surface area contributed by atoms with E-state index in [0.29, 0.717) is 0 Å². The molecule has 6 nitrogen and oxygen atoms in total. The minimum atomic E-state index is -1.10. The van der Waals surface area contributed by atoms with Crippen molar-refractivity contribution in [3.63, 3.8) is 0 Å². The van der Waals surface area contributed by atoms with Gasteiger partial charge in [-0.2, -0.15) is 0 Å². The molecule has 1 amide bonds. The highest BCUT2D eigenvalue weighted by atomic mass is 32.1. The van der Waals surface area contributed by atoms with Crippen LogP contribution in [0, 0.1) is 13.8 Å². The Morgan fingerprint density at radius 3 is 2.57 bits per heavy atom. The minimum absolute atomic E-state index is 0.0949. The van der Waals surface area contributed by atoms with E-state index in [0.717, 1.165) is 21.1 Å². The molecule has 1 heterocycles. The molecule has 0 radical (unpaired) electrons. The van der Waals surface area contributed by atoms with E-state index in [9.17, 15) is 14.7 Å². The number of amides is 1. The first kappa shape index (κ1) is 17.0. The van der Waals surface area contributed by atoms with Crippen molar-refractivity contribution in [1.82, 2.24) is 10.3 Å². The lowest BCUT2D eigenvalue weighted by atomic mass is 10.1. The molecule has 2 aromatic rings. The number of carboxylic acid groups (broad SMARTS) is 1. The van der Waals surface area contributed by atoms with Crippen molar-refractivity contribution in [2.45, 2.75) is 32.9 Å². The van der Waals surface area contributed by atoms with Gasteiger partial charge in [0.25, 0.3) is 0 Å². The monoisotopic (exact) mass is 334 g/mol. The van der Waals surface area contributed by atoms with Gasteiger partial charge in [0.2, 0.25) is 0 Å². The van der Waals surface area contributed by atoms with Gasteiger partial charge in [0.15, 0.2) is 0 Å². The number of hydrogen-bond donors (Lipinski definition) is 2. The van der Waals surface area contributed by atoms with E-state index < -0.39 is 18.1 Å². The summed E-state index contributed by atoms with van der Waals surface area (Å²) in [6.07, 6.45) is -0.562. The fourth-order valence-corrected chi connectivity index (χ4v) is 3.04. The number of aromatic nitrogens is 1. The zero-order valence-corrected chi connectivity index (χ0v) is 13.7. The second-order valence-corrected chi connectivity index (χ2v) is 6.33. The zero-order valence-electron chi connectivity index (χ0n) is 12.9. The van der Waals surface area contributed by atoms with Crippen LogP contribution in [-0.4, -0.2) is 28.2 Å².